The number of fused-ring (bicyclic) bond motifs is 2. The number of nitrogen functional groups attached to an aromatic ring is 1. The molecule has 0 atom stereocenters. The average molecular weight is 367 g/mol. The van der Waals surface area contributed by atoms with Gasteiger partial charge < -0.3 is 10.3 Å². The molecule has 2 heterocycles. The van der Waals surface area contributed by atoms with Crippen molar-refractivity contribution in [2.45, 2.75) is 0 Å². The molecule has 4 aromatic rings. The van der Waals surface area contributed by atoms with Gasteiger partial charge in [0.05, 0.1) is 11.1 Å². The summed E-state index contributed by atoms with van der Waals surface area (Å²) >= 11 is 0. The SMILES string of the molecule is Cn1cc(C2=C(c3cccc4ccc(N)cc34)C(=O)NC2=O)c2ccccc21. The van der Waals surface area contributed by atoms with Crippen molar-refractivity contribution >= 4 is 50.3 Å². The molecule has 2 amide bonds. The molecule has 1 aromatic heterocycles. The van der Waals surface area contributed by atoms with Crippen LogP contribution in [-0.2, 0) is 16.6 Å². The van der Waals surface area contributed by atoms with E-state index < -0.39 is 0 Å². The fourth-order valence-electron chi connectivity index (χ4n) is 4.02. The monoisotopic (exact) mass is 367 g/mol. The quantitative estimate of drug-likeness (QED) is 0.421. The Morgan fingerprint density at radius 3 is 2.39 bits per heavy atom. The molecule has 136 valence electrons. The van der Waals surface area contributed by atoms with E-state index in [1.165, 1.54) is 0 Å². The number of carbonyl (C=O) groups excluding carboxylic acids is 2. The first-order chi connectivity index (χ1) is 13.5. The van der Waals surface area contributed by atoms with Gasteiger partial charge in [-0.15, -0.1) is 0 Å². The second-order valence-corrected chi connectivity index (χ2v) is 6.99. The van der Waals surface area contributed by atoms with E-state index in [1.54, 1.807) is 0 Å². The maximum Gasteiger partial charge on any atom is 0.259 e. The minimum atomic E-state index is -0.386. The number of nitrogens with one attached hydrogen (secondary N) is 1. The zero-order valence-electron chi connectivity index (χ0n) is 15.2. The molecule has 3 aromatic carbocycles. The van der Waals surface area contributed by atoms with Crippen LogP contribution in [0.15, 0.2) is 66.9 Å². The third-order valence-corrected chi connectivity index (χ3v) is 5.27. The lowest BCUT2D eigenvalue weighted by Crippen LogP contribution is -2.22. The van der Waals surface area contributed by atoms with Crippen LogP contribution in [-0.4, -0.2) is 16.4 Å². The molecule has 5 heteroatoms. The van der Waals surface area contributed by atoms with Crippen LogP contribution in [0.4, 0.5) is 5.69 Å². The third kappa shape index (κ3) is 2.26. The molecule has 0 saturated carbocycles. The van der Waals surface area contributed by atoms with Crippen molar-refractivity contribution in [3.63, 3.8) is 0 Å². The summed E-state index contributed by atoms with van der Waals surface area (Å²) in [4.78, 5) is 25.6. The number of nitrogens with zero attached hydrogens (tertiary/aromatic N) is 1. The number of amides is 2. The number of nitrogens with two attached hydrogens (primary N) is 1. The lowest BCUT2D eigenvalue weighted by Gasteiger charge is -2.09. The van der Waals surface area contributed by atoms with Gasteiger partial charge in [0.2, 0.25) is 0 Å². The molecule has 28 heavy (non-hydrogen) atoms. The van der Waals surface area contributed by atoms with Crippen molar-refractivity contribution in [3.05, 3.63) is 78.0 Å². The van der Waals surface area contributed by atoms with Gasteiger partial charge in [0.1, 0.15) is 0 Å². The van der Waals surface area contributed by atoms with Crippen LogP contribution < -0.4 is 11.1 Å². The van der Waals surface area contributed by atoms with E-state index in [2.05, 4.69) is 5.32 Å². The smallest absolute Gasteiger partial charge is 0.259 e. The van der Waals surface area contributed by atoms with Crippen LogP contribution in [0.25, 0.3) is 32.8 Å². The molecule has 0 aliphatic carbocycles. The molecule has 1 aliphatic rings. The summed E-state index contributed by atoms with van der Waals surface area (Å²) in [6, 6.07) is 19.1. The average Bonchev–Trinajstić information content (AvgIpc) is 3.17. The molecule has 0 saturated heterocycles. The van der Waals surface area contributed by atoms with Crippen molar-refractivity contribution in [2.75, 3.05) is 5.73 Å². The highest BCUT2D eigenvalue weighted by atomic mass is 16.2. The van der Waals surface area contributed by atoms with Crippen LogP contribution in [0.1, 0.15) is 11.1 Å². The molecule has 5 rings (SSSR count). The van der Waals surface area contributed by atoms with Gasteiger partial charge in [-0.25, -0.2) is 0 Å². The molecule has 3 N–H and O–H groups in total. The topological polar surface area (TPSA) is 77.1 Å². The second kappa shape index (κ2) is 5.82. The largest absolute Gasteiger partial charge is 0.399 e. The molecule has 0 spiro atoms. The van der Waals surface area contributed by atoms with Crippen LogP contribution >= 0.6 is 0 Å². The standard InChI is InChI=1S/C23H17N3O2/c1-26-12-18(15-6-2-3-8-19(15)26)21-20(22(27)25-23(21)28)16-7-4-5-13-9-10-14(24)11-17(13)16/h2-12H,24H2,1H3,(H,25,27,28). The predicted octanol–water partition coefficient (Wildman–Crippen LogP) is 3.48. The first-order valence-electron chi connectivity index (χ1n) is 8.97. The van der Waals surface area contributed by atoms with Gasteiger partial charge >= 0.3 is 0 Å². The van der Waals surface area contributed by atoms with Gasteiger partial charge in [-0.05, 0) is 34.5 Å². The first kappa shape index (κ1) is 16.3. The number of aromatic nitrogens is 1. The van der Waals surface area contributed by atoms with Gasteiger partial charge in [0.25, 0.3) is 11.8 Å². The Labute approximate surface area is 161 Å². The van der Waals surface area contributed by atoms with Gasteiger partial charge in [0, 0.05) is 35.4 Å². The molecule has 0 bridgehead atoms. The van der Waals surface area contributed by atoms with E-state index in [1.807, 2.05) is 78.5 Å². The van der Waals surface area contributed by atoms with Crippen LogP contribution in [0, 0.1) is 0 Å². The summed E-state index contributed by atoms with van der Waals surface area (Å²) in [5.41, 5.74) is 9.84. The Kier molecular flexibility index (Phi) is 3.39. The Bertz CT molecular complexity index is 1340. The molecule has 0 fully saturated rings. The minimum absolute atomic E-state index is 0.378. The molecule has 0 radical (unpaired) electrons. The Hall–Kier alpha value is -3.86. The van der Waals surface area contributed by atoms with Gasteiger partial charge in [-0.3, -0.25) is 14.9 Å². The number of benzene rings is 3. The molecular weight excluding hydrogens is 350 g/mol. The van der Waals surface area contributed by atoms with E-state index >= 15 is 0 Å². The van der Waals surface area contributed by atoms with Crippen LogP contribution in [0.5, 0.6) is 0 Å². The van der Waals surface area contributed by atoms with Crippen molar-refractivity contribution in [2.24, 2.45) is 7.05 Å². The third-order valence-electron chi connectivity index (χ3n) is 5.27. The van der Waals surface area contributed by atoms with E-state index in [4.69, 9.17) is 5.73 Å². The first-order valence-corrected chi connectivity index (χ1v) is 8.97. The van der Waals surface area contributed by atoms with E-state index in [9.17, 15) is 9.59 Å². The lowest BCUT2D eigenvalue weighted by atomic mass is 9.92. The number of imide groups is 1. The maximum absolute atomic E-state index is 12.8. The predicted molar refractivity (Wildman–Crippen MR) is 111 cm³/mol. The van der Waals surface area contributed by atoms with Crippen LogP contribution in [0.2, 0.25) is 0 Å². The normalized spacial score (nSPS) is 14.3. The summed E-state index contributed by atoms with van der Waals surface area (Å²) in [5.74, 6) is -0.764. The van der Waals surface area contributed by atoms with Crippen LogP contribution in [0.3, 0.4) is 0 Å². The highest BCUT2D eigenvalue weighted by Crippen LogP contribution is 2.38. The van der Waals surface area contributed by atoms with Crippen molar-refractivity contribution in [1.82, 2.24) is 9.88 Å². The summed E-state index contributed by atoms with van der Waals surface area (Å²) in [5, 5.41) is 5.22. The second-order valence-electron chi connectivity index (χ2n) is 6.99. The van der Waals surface area contributed by atoms with E-state index in [0.717, 1.165) is 27.2 Å². The summed E-state index contributed by atoms with van der Waals surface area (Å²) in [6.07, 6.45) is 1.90. The van der Waals surface area contributed by atoms with Gasteiger partial charge in [-0.2, -0.15) is 0 Å². The number of para-hydroxylation sites is 1. The van der Waals surface area contributed by atoms with Gasteiger partial charge in [0.15, 0.2) is 0 Å². The summed E-state index contributed by atoms with van der Waals surface area (Å²) in [6.45, 7) is 0. The summed E-state index contributed by atoms with van der Waals surface area (Å²) in [7, 11) is 1.93. The number of aryl methyl sites for hydroxylation is 1. The number of carbonyl (C=O) groups is 2. The zero-order chi connectivity index (χ0) is 19.4. The highest BCUT2D eigenvalue weighted by Gasteiger charge is 2.34. The fourth-order valence-corrected chi connectivity index (χ4v) is 4.02. The summed E-state index contributed by atoms with van der Waals surface area (Å²) < 4.78 is 1.96. The van der Waals surface area contributed by atoms with Crippen molar-refractivity contribution in [1.29, 1.82) is 0 Å². The maximum atomic E-state index is 12.8. The molecule has 1 aliphatic heterocycles. The fraction of sp³-hybridized carbons (Fsp3) is 0.0435. The lowest BCUT2D eigenvalue weighted by molar-refractivity contribution is -0.122. The van der Waals surface area contributed by atoms with Gasteiger partial charge in [-0.1, -0.05) is 42.5 Å². The molecule has 5 nitrogen and oxygen atoms in total. The Morgan fingerprint density at radius 1 is 0.821 bits per heavy atom. The Morgan fingerprint density at radius 2 is 1.57 bits per heavy atom. The number of hydrogen-bond donors (Lipinski definition) is 2. The molecule has 0 unspecified atom stereocenters. The number of rotatable bonds is 2. The van der Waals surface area contributed by atoms with Crippen molar-refractivity contribution < 1.29 is 9.59 Å². The van der Waals surface area contributed by atoms with E-state index in [0.29, 0.717) is 22.4 Å². The number of hydrogen-bond acceptors (Lipinski definition) is 3. The molecular formula is C23H17N3O2. The number of anilines is 1. The Balaban J connectivity index is 1.88. The minimum Gasteiger partial charge on any atom is -0.399 e. The highest BCUT2D eigenvalue weighted by molar-refractivity contribution is 6.50. The van der Waals surface area contributed by atoms with Crippen molar-refractivity contribution in [3.8, 4) is 0 Å². The zero-order valence-corrected chi connectivity index (χ0v) is 15.2. The van der Waals surface area contributed by atoms with E-state index in [-0.39, 0.29) is 11.8 Å².